The van der Waals surface area contributed by atoms with Crippen LogP contribution in [0.2, 0.25) is 18.1 Å². The van der Waals surface area contributed by atoms with E-state index in [1.54, 1.807) is 0 Å². The number of piperidine rings is 1. The van der Waals surface area contributed by atoms with Crippen LogP contribution in [0.15, 0.2) is 12.1 Å². The van der Waals surface area contributed by atoms with Crippen LogP contribution in [0.3, 0.4) is 0 Å². The topological polar surface area (TPSA) is 57.2 Å². The minimum atomic E-state index is -2.08. The van der Waals surface area contributed by atoms with E-state index in [1.165, 1.54) is 11.1 Å². The fourth-order valence-electron chi connectivity index (χ4n) is 7.39. The zero-order chi connectivity index (χ0) is 23.7. The normalized spacial score (nSPS) is 37.6. The average Bonchev–Trinajstić information content (AvgIpc) is 3.32. The summed E-state index contributed by atoms with van der Waals surface area (Å²) < 4.78 is 27.2. The molecule has 4 atom stereocenters. The van der Waals surface area contributed by atoms with Gasteiger partial charge in [0, 0.05) is 24.8 Å². The lowest BCUT2D eigenvalue weighted by molar-refractivity contribution is -0.932. The predicted molar refractivity (Wildman–Crippen MR) is 128 cm³/mol. The Morgan fingerprint density at radius 3 is 2.45 bits per heavy atom. The van der Waals surface area contributed by atoms with Crippen LogP contribution in [0, 0.1) is 0 Å². The first-order valence-electron chi connectivity index (χ1n) is 12.6. The summed E-state index contributed by atoms with van der Waals surface area (Å²) in [7, 11) is 2.47. The summed E-state index contributed by atoms with van der Waals surface area (Å²) in [5.74, 6) is 0.886. The predicted octanol–water partition coefficient (Wildman–Crippen LogP) is 3.74. The molecular formula is C26H40NO5Si+. The van der Waals surface area contributed by atoms with E-state index in [0.717, 1.165) is 35.4 Å². The smallest absolute Gasteiger partial charge is 0.250 e. The van der Waals surface area contributed by atoms with Crippen molar-refractivity contribution in [2.75, 3.05) is 33.9 Å². The molecule has 3 unspecified atom stereocenters. The molecule has 1 N–H and O–H groups in total. The minimum absolute atomic E-state index is 0.0797. The van der Waals surface area contributed by atoms with Crippen LogP contribution in [0.4, 0.5) is 0 Å². The second-order valence-electron chi connectivity index (χ2n) is 13.2. The molecule has 1 saturated carbocycles. The summed E-state index contributed by atoms with van der Waals surface area (Å²) in [5.41, 5.74) is 1.10. The monoisotopic (exact) mass is 474 g/mol. The number of hydrogen-bond donors (Lipinski definition) is 1. The molecule has 0 radical (unpaired) electrons. The van der Waals surface area contributed by atoms with Crippen molar-refractivity contribution in [1.82, 2.24) is 0 Å². The lowest BCUT2D eigenvalue weighted by Crippen LogP contribution is -2.82. The van der Waals surface area contributed by atoms with Crippen LogP contribution in [0.25, 0.3) is 0 Å². The fourth-order valence-corrected chi connectivity index (χ4v) is 8.41. The molecule has 1 aromatic rings. The van der Waals surface area contributed by atoms with Crippen molar-refractivity contribution in [3.8, 4) is 11.5 Å². The van der Waals surface area contributed by atoms with Gasteiger partial charge < -0.3 is 28.2 Å². The maximum Gasteiger partial charge on any atom is 0.250 e. The Bertz CT molecular complexity index is 1010. The molecule has 3 heterocycles. The number of likely N-dealkylation sites (N-methyl/N-ethyl adjacent to an activating group) is 1. The van der Waals surface area contributed by atoms with E-state index in [1.807, 2.05) is 0 Å². The Labute approximate surface area is 198 Å². The highest BCUT2D eigenvalue weighted by molar-refractivity contribution is 6.74. The highest BCUT2D eigenvalue weighted by Crippen LogP contribution is 2.68. The molecule has 3 fully saturated rings. The quantitative estimate of drug-likeness (QED) is 0.523. The van der Waals surface area contributed by atoms with Crippen molar-refractivity contribution < 1.29 is 28.2 Å². The number of rotatable bonds is 2. The number of quaternary nitrogens is 1. The molecule has 6 nitrogen and oxygen atoms in total. The molecule has 6 rings (SSSR count). The van der Waals surface area contributed by atoms with Crippen LogP contribution >= 0.6 is 0 Å². The van der Waals surface area contributed by atoms with Gasteiger partial charge >= 0.3 is 0 Å². The van der Waals surface area contributed by atoms with Crippen LogP contribution < -0.4 is 9.16 Å². The summed E-state index contributed by atoms with van der Waals surface area (Å²) >= 11 is 0. The van der Waals surface area contributed by atoms with Crippen molar-refractivity contribution >= 4 is 8.32 Å². The molecule has 3 aliphatic heterocycles. The number of nitrogens with zero attached hydrogens (tertiary/aromatic N) is 1. The van der Waals surface area contributed by atoms with Gasteiger partial charge in [-0.05, 0) is 36.2 Å². The van der Waals surface area contributed by atoms with Gasteiger partial charge in [-0.15, -0.1) is 0 Å². The van der Waals surface area contributed by atoms with Gasteiger partial charge in [-0.2, -0.15) is 0 Å². The maximum atomic E-state index is 12.6. The zero-order valence-corrected chi connectivity index (χ0v) is 22.3. The van der Waals surface area contributed by atoms with Crippen molar-refractivity contribution in [1.29, 1.82) is 0 Å². The van der Waals surface area contributed by atoms with Gasteiger partial charge in [0.25, 0.3) is 8.32 Å². The molecule has 5 aliphatic rings. The van der Waals surface area contributed by atoms with E-state index in [4.69, 9.17) is 18.6 Å². The SMILES string of the molecule is CC(C)(C)[Si](C)(C)Oc1ccc2c3c1OC1C4(CC[C@@]5(O)C(C2)[N+](C)(C)CCC315)OCCO4. The van der Waals surface area contributed by atoms with E-state index in [2.05, 4.69) is 60.1 Å². The number of ether oxygens (including phenoxy) is 3. The molecule has 182 valence electrons. The zero-order valence-electron chi connectivity index (χ0n) is 21.3. The lowest BCUT2D eigenvalue weighted by atomic mass is 9.47. The Morgan fingerprint density at radius 2 is 1.79 bits per heavy atom. The summed E-state index contributed by atoms with van der Waals surface area (Å²) in [6.07, 6.45) is 2.70. The summed E-state index contributed by atoms with van der Waals surface area (Å²) in [6.45, 7) is 13.5. The van der Waals surface area contributed by atoms with Gasteiger partial charge in [0.2, 0.25) is 5.79 Å². The number of hydrogen-bond acceptors (Lipinski definition) is 5. The second-order valence-corrected chi connectivity index (χ2v) is 17.9. The first-order chi connectivity index (χ1) is 15.3. The van der Waals surface area contributed by atoms with Crippen molar-refractivity contribution in [3.63, 3.8) is 0 Å². The Morgan fingerprint density at radius 1 is 1.09 bits per heavy atom. The third-order valence-electron chi connectivity index (χ3n) is 10.2. The Balaban J connectivity index is 1.57. The third-order valence-corrected chi connectivity index (χ3v) is 14.5. The molecular weight excluding hydrogens is 434 g/mol. The maximum absolute atomic E-state index is 12.6. The molecule has 2 saturated heterocycles. The van der Waals surface area contributed by atoms with E-state index in [-0.39, 0.29) is 17.2 Å². The van der Waals surface area contributed by atoms with E-state index < -0.39 is 25.1 Å². The Kier molecular flexibility index (Phi) is 4.30. The molecule has 0 aromatic heterocycles. The summed E-state index contributed by atoms with van der Waals surface area (Å²) in [5, 5.41) is 12.7. The van der Waals surface area contributed by atoms with Gasteiger partial charge in [0.15, 0.2) is 11.9 Å². The first kappa shape index (κ1) is 22.3. The lowest BCUT2D eigenvalue weighted by Gasteiger charge is -2.65. The number of benzene rings is 1. The van der Waals surface area contributed by atoms with E-state index in [0.29, 0.717) is 26.1 Å². The molecule has 2 bridgehead atoms. The molecule has 2 aliphatic carbocycles. The standard InChI is InChI=1S/C26H40NO5Si/c1-23(2,3)33(6,7)32-18-9-8-17-16-19-25(28)10-11-26(29-14-15-30-26)22-24(25,12-13-27(19,4)5)20(17)21(18)31-22/h8-9,19,22,28H,10-16H2,1-7H3/q+1/t19?,22?,24?,25-/m1/s1. The van der Waals surface area contributed by atoms with Crippen molar-refractivity contribution in [3.05, 3.63) is 23.3 Å². The largest absolute Gasteiger partial charge is 0.541 e. The number of aliphatic hydroxyl groups is 1. The number of fused-ring (bicyclic) bond motifs is 1. The van der Waals surface area contributed by atoms with Gasteiger partial charge in [-0.1, -0.05) is 26.8 Å². The highest BCUT2D eigenvalue weighted by atomic mass is 28.4. The third kappa shape index (κ3) is 2.58. The minimum Gasteiger partial charge on any atom is -0.541 e. The molecule has 0 amide bonds. The van der Waals surface area contributed by atoms with Crippen LogP contribution in [0.5, 0.6) is 11.5 Å². The number of likely N-dealkylation sites (tertiary alicyclic amines) is 1. The summed E-state index contributed by atoms with van der Waals surface area (Å²) in [4.78, 5) is 0. The first-order valence-corrected chi connectivity index (χ1v) is 15.5. The molecule has 33 heavy (non-hydrogen) atoms. The van der Waals surface area contributed by atoms with Gasteiger partial charge in [0.1, 0.15) is 17.4 Å². The van der Waals surface area contributed by atoms with Gasteiger partial charge in [-0.3, -0.25) is 0 Å². The Hall–Kier alpha value is -1.12. The van der Waals surface area contributed by atoms with E-state index in [9.17, 15) is 5.11 Å². The van der Waals surface area contributed by atoms with Gasteiger partial charge in [0.05, 0.1) is 39.3 Å². The van der Waals surface area contributed by atoms with Crippen LogP contribution in [-0.4, -0.2) is 75.3 Å². The van der Waals surface area contributed by atoms with Gasteiger partial charge in [-0.25, -0.2) is 0 Å². The molecule has 2 spiro atoms. The summed E-state index contributed by atoms with van der Waals surface area (Å²) in [6, 6.07) is 4.48. The molecule has 1 aromatic carbocycles. The van der Waals surface area contributed by atoms with Crippen LogP contribution in [0.1, 0.15) is 51.2 Å². The van der Waals surface area contributed by atoms with Crippen molar-refractivity contribution in [2.24, 2.45) is 0 Å². The van der Waals surface area contributed by atoms with E-state index >= 15 is 0 Å². The molecule has 7 heteroatoms. The highest BCUT2D eigenvalue weighted by Gasteiger charge is 2.79. The van der Waals surface area contributed by atoms with Crippen LogP contribution in [-0.2, 0) is 21.3 Å². The van der Waals surface area contributed by atoms with Crippen molar-refractivity contribution in [2.45, 2.75) is 93.5 Å². The average molecular weight is 475 g/mol. The fraction of sp³-hybridized carbons (Fsp3) is 0.769. The second kappa shape index (κ2) is 6.35.